The van der Waals surface area contributed by atoms with Crippen molar-refractivity contribution in [3.63, 3.8) is 0 Å². The summed E-state index contributed by atoms with van der Waals surface area (Å²) >= 11 is 1.82. The van der Waals surface area contributed by atoms with Crippen molar-refractivity contribution in [1.29, 1.82) is 0 Å². The van der Waals surface area contributed by atoms with Crippen LogP contribution >= 0.6 is 11.8 Å². The zero-order valence-corrected chi connectivity index (χ0v) is 5.74. The van der Waals surface area contributed by atoms with E-state index in [1.165, 1.54) is 0 Å². The van der Waals surface area contributed by atoms with Gasteiger partial charge in [0.1, 0.15) is 5.44 Å². The smallest absolute Gasteiger partial charge is 0.126 e. The monoisotopic (exact) mass is 134 g/mol. The molecule has 8 heavy (non-hydrogen) atoms. The Morgan fingerprint density at radius 3 is 3.25 bits per heavy atom. The lowest BCUT2D eigenvalue weighted by Gasteiger charge is -2.04. The van der Waals surface area contributed by atoms with E-state index in [1.54, 1.807) is 7.11 Å². The van der Waals surface area contributed by atoms with Gasteiger partial charge in [-0.2, -0.15) is 0 Å². The van der Waals surface area contributed by atoms with Gasteiger partial charge in [0, 0.05) is 12.9 Å². The van der Waals surface area contributed by atoms with Crippen molar-refractivity contribution in [2.45, 2.75) is 5.44 Å². The minimum Gasteiger partial charge on any atom is -0.381 e. The van der Waals surface area contributed by atoms with Gasteiger partial charge < -0.3 is 9.47 Å². The molecule has 0 aromatic carbocycles. The largest absolute Gasteiger partial charge is 0.381 e. The van der Waals surface area contributed by atoms with Crippen LogP contribution in [0.15, 0.2) is 0 Å². The molecule has 0 amide bonds. The van der Waals surface area contributed by atoms with Gasteiger partial charge in [-0.25, -0.2) is 0 Å². The Hall–Kier alpha value is 0.270. The number of rotatable bonds is 2. The molecular weight excluding hydrogens is 124 g/mol. The van der Waals surface area contributed by atoms with Crippen molar-refractivity contribution >= 4 is 11.8 Å². The summed E-state index contributed by atoms with van der Waals surface area (Å²) in [5.41, 5.74) is 0.306. The van der Waals surface area contributed by atoms with Crippen LogP contribution in [0.1, 0.15) is 0 Å². The maximum Gasteiger partial charge on any atom is 0.126 e. The van der Waals surface area contributed by atoms with Crippen molar-refractivity contribution in [2.75, 3.05) is 26.1 Å². The number of thioether (sulfide) groups is 1. The maximum atomic E-state index is 5.23. The third-order valence-electron chi connectivity index (χ3n) is 0.994. The Morgan fingerprint density at radius 2 is 2.75 bits per heavy atom. The Kier molecular flexibility index (Phi) is 2.66. The molecule has 2 nitrogen and oxygen atoms in total. The van der Waals surface area contributed by atoms with E-state index in [0.717, 1.165) is 19.0 Å². The van der Waals surface area contributed by atoms with Crippen LogP contribution in [0.4, 0.5) is 0 Å². The first-order valence-corrected chi connectivity index (χ1v) is 3.70. The zero-order valence-electron chi connectivity index (χ0n) is 4.92. The first-order valence-electron chi connectivity index (χ1n) is 2.65. The topological polar surface area (TPSA) is 18.5 Å². The summed E-state index contributed by atoms with van der Waals surface area (Å²) in [5, 5.41) is 0. The molecule has 0 aromatic rings. The van der Waals surface area contributed by atoms with Crippen LogP contribution in [0.5, 0.6) is 0 Å². The molecule has 1 aliphatic heterocycles. The first-order chi connectivity index (χ1) is 3.93. The average Bonchev–Trinajstić information content (AvgIpc) is 2.19. The van der Waals surface area contributed by atoms with E-state index < -0.39 is 0 Å². The minimum absolute atomic E-state index is 0.306. The van der Waals surface area contributed by atoms with Crippen LogP contribution in [-0.4, -0.2) is 31.5 Å². The molecule has 1 unspecified atom stereocenters. The SMILES string of the molecule is COCC1OCCS1. The zero-order chi connectivity index (χ0) is 5.82. The van der Waals surface area contributed by atoms with E-state index in [1.807, 2.05) is 11.8 Å². The highest BCUT2D eigenvalue weighted by molar-refractivity contribution is 8.00. The van der Waals surface area contributed by atoms with Crippen molar-refractivity contribution in [3.05, 3.63) is 0 Å². The summed E-state index contributed by atoms with van der Waals surface area (Å²) < 4.78 is 10.1. The summed E-state index contributed by atoms with van der Waals surface area (Å²) in [5.74, 6) is 1.12. The Bertz CT molecular complexity index is 61.4. The molecule has 1 saturated heterocycles. The predicted molar refractivity (Wildman–Crippen MR) is 34.1 cm³/mol. The Balaban J connectivity index is 2.06. The van der Waals surface area contributed by atoms with Gasteiger partial charge in [0.15, 0.2) is 0 Å². The van der Waals surface area contributed by atoms with Crippen LogP contribution in [0.3, 0.4) is 0 Å². The van der Waals surface area contributed by atoms with E-state index >= 15 is 0 Å². The fourth-order valence-electron chi connectivity index (χ4n) is 0.640. The second-order valence-corrected chi connectivity index (χ2v) is 2.89. The third kappa shape index (κ3) is 1.65. The standard InChI is InChI=1S/C5H10O2S/c1-6-4-5-7-2-3-8-5/h5H,2-4H2,1H3. The third-order valence-corrected chi connectivity index (χ3v) is 2.04. The van der Waals surface area contributed by atoms with Gasteiger partial charge >= 0.3 is 0 Å². The Morgan fingerprint density at radius 1 is 1.88 bits per heavy atom. The summed E-state index contributed by atoms with van der Waals surface area (Å²) in [6.07, 6.45) is 0. The minimum atomic E-state index is 0.306. The van der Waals surface area contributed by atoms with Crippen LogP contribution in [-0.2, 0) is 9.47 Å². The van der Waals surface area contributed by atoms with Gasteiger partial charge in [-0.1, -0.05) is 0 Å². The molecule has 0 spiro atoms. The molecule has 1 rings (SSSR count). The van der Waals surface area contributed by atoms with Gasteiger partial charge in [-0.15, -0.1) is 11.8 Å². The molecule has 1 atom stereocenters. The fourth-order valence-corrected chi connectivity index (χ4v) is 1.52. The van der Waals surface area contributed by atoms with E-state index in [-0.39, 0.29) is 0 Å². The Labute approximate surface area is 53.5 Å². The number of ether oxygens (including phenoxy) is 2. The lowest BCUT2D eigenvalue weighted by atomic mass is 10.7. The van der Waals surface area contributed by atoms with Crippen LogP contribution in [0, 0.1) is 0 Å². The molecule has 0 N–H and O–H groups in total. The highest BCUT2D eigenvalue weighted by atomic mass is 32.2. The molecule has 1 aliphatic rings. The number of methoxy groups -OCH3 is 1. The van der Waals surface area contributed by atoms with Gasteiger partial charge in [0.25, 0.3) is 0 Å². The number of hydrogen-bond donors (Lipinski definition) is 0. The highest BCUT2D eigenvalue weighted by Crippen LogP contribution is 2.18. The maximum absolute atomic E-state index is 5.23. The summed E-state index contributed by atoms with van der Waals surface area (Å²) in [6, 6.07) is 0. The van der Waals surface area contributed by atoms with E-state index in [0.29, 0.717) is 5.44 Å². The van der Waals surface area contributed by atoms with Gasteiger partial charge in [0.2, 0.25) is 0 Å². The molecule has 0 saturated carbocycles. The van der Waals surface area contributed by atoms with Gasteiger partial charge in [0.05, 0.1) is 13.2 Å². The number of hydrogen-bond acceptors (Lipinski definition) is 3. The van der Waals surface area contributed by atoms with Crippen LogP contribution < -0.4 is 0 Å². The second kappa shape index (κ2) is 3.33. The molecule has 0 bridgehead atoms. The summed E-state index contributed by atoms with van der Waals surface area (Å²) in [6.45, 7) is 1.61. The fraction of sp³-hybridized carbons (Fsp3) is 1.00. The van der Waals surface area contributed by atoms with Crippen molar-refractivity contribution in [3.8, 4) is 0 Å². The quantitative estimate of drug-likeness (QED) is 0.554. The van der Waals surface area contributed by atoms with Gasteiger partial charge in [-0.05, 0) is 0 Å². The van der Waals surface area contributed by atoms with Crippen LogP contribution in [0.25, 0.3) is 0 Å². The molecule has 48 valence electrons. The first kappa shape index (κ1) is 6.39. The predicted octanol–water partition coefficient (Wildman–Crippen LogP) is 0.722. The molecule has 1 fully saturated rings. The summed E-state index contributed by atoms with van der Waals surface area (Å²) in [7, 11) is 1.70. The van der Waals surface area contributed by atoms with E-state index in [4.69, 9.17) is 9.47 Å². The van der Waals surface area contributed by atoms with Crippen molar-refractivity contribution in [2.24, 2.45) is 0 Å². The molecule has 0 aromatic heterocycles. The normalized spacial score (nSPS) is 28.9. The van der Waals surface area contributed by atoms with Crippen molar-refractivity contribution in [1.82, 2.24) is 0 Å². The highest BCUT2D eigenvalue weighted by Gasteiger charge is 2.14. The molecule has 0 aliphatic carbocycles. The summed E-state index contributed by atoms with van der Waals surface area (Å²) in [4.78, 5) is 0. The van der Waals surface area contributed by atoms with Crippen molar-refractivity contribution < 1.29 is 9.47 Å². The van der Waals surface area contributed by atoms with E-state index in [9.17, 15) is 0 Å². The molecule has 3 heteroatoms. The average molecular weight is 134 g/mol. The van der Waals surface area contributed by atoms with Crippen LogP contribution in [0.2, 0.25) is 0 Å². The molecule has 0 radical (unpaired) electrons. The molecule has 1 heterocycles. The van der Waals surface area contributed by atoms with E-state index in [2.05, 4.69) is 0 Å². The molecular formula is C5H10O2S. The van der Waals surface area contributed by atoms with Gasteiger partial charge in [-0.3, -0.25) is 0 Å². The second-order valence-electron chi connectivity index (χ2n) is 1.63. The lowest BCUT2D eigenvalue weighted by molar-refractivity contribution is 0.0680. The lowest BCUT2D eigenvalue weighted by Crippen LogP contribution is -2.08.